The van der Waals surface area contributed by atoms with Crippen molar-refractivity contribution in [2.45, 2.75) is 37.5 Å². The fraction of sp³-hybridized carbons (Fsp3) is 0.222. The molecule has 0 spiro atoms. The summed E-state index contributed by atoms with van der Waals surface area (Å²) < 4.78 is 70.2. The highest BCUT2D eigenvalue weighted by atomic mass is 32.2. The monoisotopic (exact) mass is 442 g/mol. The molecule has 2 aromatic rings. The highest BCUT2D eigenvalue weighted by Crippen LogP contribution is 2.26. The van der Waals surface area contributed by atoms with E-state index in [0.717, 1.165) is 12.1 Å². The Morgan fingerprint density at radius 1 is 0.690 bits per heavy atom. The van der Waals surface area contributed by atoms with Gasteiger partial charge in [0.1, 0.15) is 9.79 Å². The third-order valence-corrected chi connectivity index (χ3v) is 6.09. The molecule has 0 heterocycles. The second-order valence-electron chi connectivity index (χ2n) is 6.54. The van der Waals surface area contributed by atoms with Crippen molar-refractivity contribution < 1.29 is 40.3 Å². The van der Waals surface area contributed by atoms with Gasteiger partial charge in [-0.3, -0.25) is 9.11 Å². The summed E-state index contributed by atoms with van der Waals surface area (Å²) in [7, 11) is -9.64. The predicted octanol–water partition coefficient (Wildman–Crippen LogP) is 2.41. The van der Waals surface area contributed by atoms with Gasteiger partial charge in [0.2, 0.25) is 0 Å². The number of aryl methyl sites for hydroxylation is 4. The fourth-order valence-corrected chi connectivity index (χ4v) is 4.86. The topological polar surface area (TPSA) is 152 Å². The number of carbonyl (C=O) groups is 2. The highest BCUT2D eigenvalue weighted by molar-refractivity contribution is 7.86. The van der Waals surface area contributed by atoms with E-state index in [-0.39, 0.29) is 11.1 Å². The van der Waals surface area contributed by atoms with E-state index in [9.17, 15) is 35.5 Å². The van der Waals surface area contributed by atoms with E-state index in [0.29, 0.717) is 11.1 Å². The smallest absolute Gasteiger partial charge is 0.347 e. The van der Waals surface area contributed by atoms with Crippen LogP contribution in [0.2, 0.25) is 0 Å². The van der Waals surface area contributed by atoms with Crippen molar-refractivity contribution in [1.82, 2.24) is 0 Å². The minimum absolute atomic E-state index is 0.0527. The van der Waals surface area contributed by atoms with Gasteiger partial charge in [-0.05, 0) is 62.1 Å². The molecule has 11 heteroatoms. The third kappa shape index (κ3) is 4.88. The molecule has 0 aliphatic heterocycles. The van der Waals surface area contributed by atoms with E-state index in [4.69, 9.17) is 0 Å². The van der Waals surface area contributed by atoms with Gasteiger partial charge < -0.3 is 4.74 Å². The molecule has 0 aliphatic rings. The predicted molar refractivity (Wildman–Crippen MR) is 101 cm³/mol. The lowest BCUT2D eigenvalue weighted by atomic mass is 10.1. The van der Waals surface area contributed by atoms with Gasteiger partial charge in [-0.1, -0.05) is 12.1 Å². The summed E-state index contributed by atoms with van der Waals surface area (Å²) in [6.07, 6.45) is 0. The maximum absolute atomic E-state index is 12.5. The van der Waals surface area contributed by atoms with Crippen molar-refractivity contribution in [1.29, 1.82) is 0 Å². The molecule has 0 aromatic heterocycles. The number of hydrogen-bond donors (Lipinski definition) is 2. The summed E-state index contributed by atoms with van der Waals surface area (Å²) in [6, 6.07) is 5.03. The highest BCUT2D eigenvalue weighted by Gasteiger charge is 2.29. The number of rotatable bonds is 4. The van der Waals surface area contributed by atoms with Gasteiger partial charge in [0.05, 0.1) is 11.1 Å². The van der Waals surface area contributed by atoms with Gasteiger partial charge in [0.15, 0.2) is 0 Å². The van der Waals surface area contributed by atoms with Crippen LogP contribution in [0, 0.1) is 27.7 Å². The summed E-state index contributed by atoms with van der Waals surface area (Å²) in [4.78, 5) is 23.6. The van der Waals surface area contributed by atoms with Gasteiger partial charge >= 0.3 is 11.9 Å². The zero-order chi connectivity index (χ0) is 22.3. The van der Waals surface area contributed by atoms with Crippen LogP contribution in [0.3, 0.4) is 0 Å². The molecule has 9 nitrogen and oxygen atoms in total. The molecule has 0 amide bonds. The molecule has 0 fully saturated rings. The largest absolute Gasteiger partial charge is 0.386 e. The molecule has 2 N–H and O–H groups in total. The Bertz CT molecular complexity index is 1140. The minimum Gasteiger partial charge on any atom is -0.386 e. The first-order chi connectivity index (χ1) is 13.1. The first kappa shape index (κ1) is 22.7. The minimum atomic E-state index is -4.82. The van der Waals surface area contributed by atoms with Crippen LogP contribution in [0.15, 0.2) is 34.1 Å². The average molecular weight is 442 g/mol. The normalized spacial score (nSPS) is 11.9. The molecule has 29 heavy (non-hydrogen) atoms. The Kier molecular flexibility index (Phi) is 6.00. The Labute approximate surface area is 167 Å². The van der Waals surface area contributed by atoms with Crippen LogP contribution in [0.1, 0.15) is 43.0 Å². The van der Waals surface area contributed by atoms with Crippen LogP contribution < -0.4 is 0 Å². The van der Waals surface area contributed by atoms with Gasteiger partial charge in [-0.15, -0.1) is 0 Å². The van der Waals surface area contributed by atoms with Crippen LogP contribution >= 0.6 is 0 Å². The molecule has 0 saturated heterocycles. The number of benzene rings is 2. The lowest BCUT2D eigenvalue weighted by molar-refractivity contribution is 0.0391. The number of carbonyl (C=O) groups excluding carboxylic acids is 2. The third-order valence-electron chi connectivity index (χ3n) is 3.98. The fourth-order valence-electron chi connectivity index (χ4n) is 3.09. The van der Waals surface area contributed by atoms with Crippen LogP contribution in [-0.4, -0.2) is 37.9 Å². The molecule has 0 saturated carbocycles. The lowest BCUT2D eigenvalue weighted by Gasteiger charge is -2.13. The van der Waals surface area contributed by atoms with Crippen LogP contribution in [0.5, 0.6) is 0 Å². The quantitative estimate of drug-likeness (QED) is 0.413. The van der Waals surface area contributed by atoms with Crippen molar-refractivity contribution in [3.63, 3.8) is 0 Å². The zero-order valence-electron chi connectivity index (χ0n) is 15.9. The Balaban J connectivity index is 2.59. The number of hydrogen-bond acceptors (Lipinski definition) is 7. The lowest BCUT2D eigenvalue weighted by Crippen LogP contribution is -2.19. The van der Waals surface area contributed by atoms with Crippen molar-refractivity contribution in [3.8, 4) is 0 Å². The standard InChI is InChI=1S/C18H18O9S2/c1-9-5-11(3)15(28(21,22)23)13(7-9)17(19)27-18(20)14-8-10(2)6-12(4)16(14)29(24,25)26/h5-8H,1-4H3,(H,21,22,23)(H,24,25,26). The molecular weight excluding hydrogens is 424 g/mol. The summed E-state index contributed by atoms with van der Waals surface area (Å²) in [5.74, 6) is -2.82. The van der Waals surface area contributed by atoms with Gasteiger partial charge in [-0.25, -0.2) is 9.59 Å². The van der Waals surface area contributed by atoms with E-state index in [1.807, 2.05) is 0 Å². The molecule has 0 aliphatic carbocycles. The van der Waals surface area contributed by atoms with Crippen LogP contribution in [-0.2, 0) is 25.0 Å². The molecule has 0 bridgehead atoms. The van der Waals surface area contributed by atoms with E-state index in [1.165, 1.54) is 26.0 Å². The van der Waals surface area contributed by atoms with Gasteiger partial charge in [-0.2, -0.15) is 16.8 Å². The number of ether oxygens (including phenoxy) is 1. The van der Waals surface area contributed by atoms with E-state index in [1.54, 1.807) is 13.8 Å². The summed E-state index contributed by atoms with van der Waals surface area (Å²) in [5.41, 5.74) is -0.153. The average Bonchev–Trinajstić information content (AvgIpc) is 2.50. The molecule has 0 radical (unpaired) electrons. The van der Waals surface area contributed by atoms with E-state index in [2.05, 4.69) is 4.74 Å². The second kappa shape index (κ2) is 7.67. The van der Waals surface area contributed by atoms with Gasteiger partial charge in [0, 0.05) is 0 Å². The first-order valence-corrected chi connectivity index (χ1v) is 10.9. The summed E-state index contributed by atoms with van der Waals surface area (Å²) >= 11 is 0. The van der Waals surface area contributed by atoms with E-state index < -0.39 is 53.1 Å². The van der Waals surface area contributed by atoms with Crippen LogP contribution in [0.25, 0.3) is 0 Å². The number of esters is 2. The molecule has 0 atom stereocenters. The maximum Gasteiger partial charge on any atom is 0.347 e. The van der Waals surface area contributed by atoms with Crippen molar-refractivity contribution in [2.75, 3.05) is 0 Å². The molecule has 2 aromatic carbocycles. The maximum atomic E-state index is 12.5. The van der Waals surface area contributed by atoms with Crippen molar-refractivity contribution in [2.24, 2.45) is 0 Å². The second-order valence-corrected chi connectivity index (χ2v) is 9.26. The first-order valence-electron chi connectivity index (χ1n) is 8.07. The van der Waals surface area contributed by atoms with Crippen molar-refractivity contribution >= 4 is 32.2 Å². The van der Waals surface area contributed by atoms with E-state index >= 15 is 0 Å². The molecular formula is C18H18O9S2. The van der Waals surface area contributed by atoms with Gasteiger partial charge in [0.25, 0.3) is 20.2 Å². The van der Waals surface area contributed by atoms with Crippen LogP contribution in [0.4, 0.5) is 0 Å². The Morgan fingerprint density at radius 3 is 1.28 bits per heavy atom. The zero-order valence-corrected chi connectivity index (χ0v) is 17.5. The molecule has 0 unspecified atom stereocenters. The molecule has 156 valence electrons. The summed E-state index contributed by atoms with van der Waals surface area (Å²) in [6.45, 7) is 5.80. The summed E-state index contributed by atoms with van der Waals surface area (Å²) in [5, 5.41) is 0. The Hall–Kier alpha value is -2.60. The van der Waals surface area contributed by atoms with Crippen molar-refractivity contribution in [3.05, 3.63) is 57.6 Å². The molecule has 2 rings (SSSR count). The Morgan fingerprint density at radius 2 is 1.00 bits per heavy atom. The SMILES string of the molecule is Cc1cc(C)c(S(=O)(=O)O)c(C(=O)OC(=O)c2cc(C)cc(C)c2S(=O)(=O)O)c1.